The van der Waals surface area contributed by atoms with Gasteiger partial charge in [-0.05, 0) is 83.7 Å². The van der Waals surface area contributed by atoms with Crippen LogP contribution < -0.4 is 10.1 Å². The summed E-state index contributed by atoms with van der Waals surface area (Å²) >= 11 is 5.14. The third kappa shape index (κ3) is 4.38. The molecule has 2 heterocycles. The predicted octanol–water partition coefficient (Wildman–Crippen LogP) is 6.78. The summed E-state index contributed by atoms with van der Waals surface area (Å²) in [5, 5.41) is 25.0. The van der Waals surface area contributed by atoms with Gasteiger partial charge in [-0.2, -0.15) is 0 Å². The molecule has 1 unspecified atom stereocenters. The van der Waals surface area contributed by atoms with Gasteiger partial charge in [0.2, 0.25) is 0 Å². The van der Waals surface area contributed by atoms with Gasteiger partial charge in [0.05, 0.1) is 22.5 Å². The van der Waals surface area contributed by atoms with Crippen molar-refractivity contribution in [3.05, 3.63) is 68.3 Å². The SMILES string of the molecule is COc1cc(O)ccc1-c1ccc2c(c1C(O)Cc1ccc(Br)s1)C(C)=CC(C)(C)N2. The fraction of sp³-hybridized carbons (Fsp3) is 0.280. The Morgan fingerprint density at radius 3 is 2.55 bits per heavy atom. The normalized spacial score (nSPS) is 15.6. The van der Waals surface area contributed by atoms with Crippen molar-refractivity contribution in [1.82, 2.24) is 0 Å². The van der Waals surface area contributed by atoms with Crippen LogP contribution in [0.3, 0.4) is 0 Å². The van der Waals surface area contributed by atoms with Crippen LogP contribution in [0, 0.1) is 0 Å². The molecular weight excluding hydrogens is 474 g/mol. The molecule has 0 amide bonds. The first-order valence-electron chi connectivity index (χ1n) is 10.1. The fourth-order valence-electron chi connectivity index (χ4n) is 4.38. The van der Waals surface area contributed by atoms with Crippen LogP contribution in [0.15, 0.2) is 52.3 Å². The molecule has 3 aromatic rings. The maximum atomic E-state index is 11.5. The largest absolute Gasteiger partial charge is 0.508 e. The van der Waals surface area contributed by atoms with Crippen LogP contribution in [0.4, 0.5) is 5.69 Å². The highest BCUT2D eigenvalue weighted by molar-refractivity contribution is 9.11. The molecule has 4 rings (SSSR count). The van der Waals surface area contributed by atoms with Crippen molar-refractivity contribution < 1.29 is 14.9 Å². The van der Waals surface area contributed by atoms with Crippen LogP contribution in [0.1, 0.15) is 42.9 Å². The smallest absolute Gasteiger partial charge is 0.130 e. The number of anilines is 1. The fourth-order valence-corrected chi connectivity index (χ4v) is 5.90. The number of aromatic hydroxyl groups is 1. The summed E-state index contributed by atoms with van der Waals surface area (Å²) in [6.07, 6.45) is 2.00. The molecule has 2 aromatic carbocycles. The maximum absolute atomic E-state index is 11.5. The van der Waals surface area contributed by atoms with Crippen LogP contribution >= 0.6 is 27.3 Å². The van der Waals surface area contributed by atoms with E-state index in [0.29, 0.717) is 12.2 Å². The van der Waals surface area contributed by atoms with Gasteiger partial charge in [0, 0.05) is 34.2 Å². The number of rotatable bonds is 5. The molecule has 162 valence electrons. The Hall–Kier alpha value is -2.28. The summed E-state index contributed by atoms with van der Waals surface area (Å²) in [5.74, 6) is 0.710. The van der Waals surface area contributed by atoms with E-state index in [1.54, 1.807) is 30.6 Å². The van der Waals surface area contributed by atoms with Crippen molar-refractivity contribution >= 4 is 38.5 Å². The zero-order valence-corrected chi connectivity index (χ0v) is 20.4. The molecule has 1 aliphatic heterocycles. The van der Waals surface area contributed by atoms with Crippen LogP contribution in [0.5, 0.6) is 11.5 Å². The number of hydrogen-bond acceptors (Lipinski definition) is 5. The molecule has 0 bridgehead atoms. The number of aliphatic hydroxyl groups is 1. The summed E-state index contributed by atoms with van der Waals surface area (Å²) in [6, 6.07) is 13.2. The molecule has 3 N–H and O–H groups in total. The lowest BCUT2D eigenvalue weighted by atomic mass is 9.82. The highest BCUT2D eigenvalue weighted by Crippen LogP contribution is 2.46. The van der Waals surface area contributed by atoms with Gasteiger partial charge in [-0.25, -0.2) is 0 Å². The minimum absolute atomic E-state index is 0.142. The zero-order valence-electron chi connectivity index (χ0n) is 18.0. The summed E-state index contributed by atoms with van der Waals surface area (Å²) < 4.78 is 6.61. The molecule has 0 saturated carbocycles. The molecule has 0 saturated heterocycles. The highest BCUT2D eigenvalue weighted by atomic mass is 79.9. The molecular formula is C25H26BrNO3S. The van der Waals surface area contributed by atoms with Gasteiger partial charge in [-0.3, -0.25) is 0 Å². The van der Waals surface area contributed by atoms with Gasteiger partial charge >= 0.3 is 0 Å². The highest BCUT2D eigenvalue weighted by Gasteiger charge is 2.29. The Morgan fingerprint density at radius 1 is 1.13 bits per heavy atom. The first-order chi connectivity index (χ1) is 14.7. The molecule has 0 fully saturated rings. The molecule has 1 aromatic heterocycles. The van der Waals surface area contributed by atoms with Crippen molar-refractivity contribution in [1.29, 1.82) is 0 Å². The van der Waals surface area contributed by atoms with Crippen molar-refractivity contribution in [2.45, 2.75) is 38.8 Å². The molecule has 1 atom stereocenters. The summed E-state index contributed by atoms with van der Waals surface area (Å²) in [7, 11) is 1.59. The van der Waals surface area contributed by atoms with E-state index < -0.39 is 6.10 Å². The topological polar surface area (TPSA) is 61.7 Å². The molecule has 1 aliphatic rings. The Balaban J connectivity index is 1.93. The quantitative estimate of drug-likeness (QED) is 0.362. The van der Waals surface area contributed by atoms with Crippen LogP contribution in [0.2, 0.25) is 0 Å². The minimum atomic E-state index is -0.708. The average Bonchev–Trinajstić information content (AvgIpc) is 3.10. The van der Waals surface area contributed by atoms with Crippen LogP contribution in [-0.2, 0) is 6.42 Å². The Bertz CT molecular complexity index is 1170. The third-order valence-electron chi connectivity index (χ3n) is 5.51. The average molecular weight is 500 g/mol. The molecule has 31 heavy (non-hydrogen) atoms. The number of methoxy groups -OCH3 is 1. The lowest BCUT2D eigenvalue weighted by Crippen LogP contribution is -2.32. The predicted molar refractivity (Wildman–Crippen MR) is 132 cm³/mol. The molecule has 4 nitrogen and oxygen atoms in total. The van der Waals surface area contributed by atoms with Gasteiger partial charge < -0.3 is 20.3 Å². The maximum Gasteiger partial charge on any atom is 0.130 e. The van der Waals surface area contributed by atoms with Gasteiger partial charge in [0.1, 0.15) is 11.5 Å². The van der Waals surface area contributed by atoms with E-state index in [4.69, 9.17) is 4.74 Å². The van der Waals surface area contributed by atoms with Gasteiger partial charge in [-0.15, -0.1) is 11.3 Å². The molecule has 0 radical (unpaired) electrons. The number of fused-ring (bicyclic) bond motifs is 1. The standard InChI is InChI=1S/C25H26BrNO3S/c1-14-13-25(2,3)27-19-9-8-18(17-7-5-15(28)11-21(17)30-4)24(23(14)19)20(29)12-16-6-10-22(26)31-16/h5-11,13,20,27-29H,12H2,1-4H3. The Kier molecular flexibility index (Phi) is 5.90. The second kappa shape index (κ2) is 8.34. The van der Waals surface area contributed by atoms with Crippen molar-refractivity contribution in [3.8, 4) is 22.6 Å². The number of ether oxygens (including phenoxy) is 1. The van der Waals surface area contributed by atoms with E-state index in [9.17, 15) is 10.2 Å². The monoisotopic (exact) mass is 499 g/mol. The zero-order chi connectivity index (χ0) is 22.3. The van der Waals surface area contributed by atoms with Crippen LogP contribution in [-0.4, -0.2) is 22.9 Å². The third-order valence-corrected chi connectivity index (χ3v) is 7.15. The van der Waals surface area contributed by atoms with E-state index >= 15 is 0 Å². The molecule has 0 aliphatic carbocycles. The number of phenolic OH excluding ortho intramolecular Hbond substituents is 1. The number of benzene rings is 2. The summed E-state index contributed by atoms with van der Waals surface area (Å²) in [5.41, 5.74) is 5.58. The van der Waals surface area contributed by atoms with E-state index in [2.05, 4.69) is 54.2 Å². The van der Waals surface area contributed by atoms with Crippen molar-refractivity contribution in [2.75, 3.05) is 12.4 Å². The van der Waals surface area contributed by atoms with Crippen LogP contribution in [0.25, 0.3) is 16.7 Å². The summed E-state index contributed by atoms with van der Waals surface area (Å²) in [4.78, 5) is 1.10. The lowest BCUT2D eigenvalue weighted by molar-refractivity contribution is 0.179. The first kappa shape index (κ1) is 21.9. The number of nitrogens with one attached hydrogen (secondary N) is 1. The van der Waals surface area contributed by atoms with E-state index in [1.165, 1.54) is 0 Å². The Labute approximate surface area is 195 Å². The van der Waals surface area contributed by atoms with Crippen molar-refractivity contribution in [3.63, 3.8) is 0 Å². The number of hydrogen-bond donors (Lipinski definition) is 3. The number of halogens is 1. The van der Waals surface area contributed by atoms with Gasteiger partial charge in [-0.1, -0.05) is 12.1 Å². The number of phenols is 1. The number of aliphatic hydroxyl groups excluding tert-OH is 1. The number of allylic oxidation sites excluding steroid dienone is 1. The molecule has 0 spiro atoms. The second-order valence-electron chi connectivity index (χ2n) is 8.43. The minimum Gasteiger partial charge on any atom is -0.508 e. The van der Waals surface area contributed by atoms with E-state index in [0.717, 1.165) is 42.2 Å². The van der Waals surface area contributed by atoms with E-state index in [-0.39, 0.29) is 11.3 Å². The second-order valence-corrected chi connectivity index (χ2v) is 11.0. The van der Waals surface area contributed by atoms with E-state index in [1.807, 2.05) is 24.3 Å². The Morgan fingerprint density at radius 2 is 1.87 bits per heavy atom. The molecule has 6 heteroatoms. The van der Waals surface area contributed by atoms with Gasteiger partial charge in [0.15, 0.2) is 0 Å². The first-order valence-corrected chi connectivity index (χ1v) is 11.7. The lowest BCUT2D eigenvalue weighted by Gasteiger charge is -2.34. The number of thiophene rings is 1. The summed E-state index contributed by atoms with van der Waals surface area (Å²) in [6.45, 7) is 6.36. The van der Waals surface area contributed by atoms with Gasteiger partial charge in [0.25, 0.3) is 0 Å². The van der Waals surface area contributed by atoms with Crippen molar-refractivity contribution in [2.24, 2.45) is 0 Å².